The van der Waals surface area contributed by atoms with Crippen LogP contribution in [0.4, 0.5) is 0 Å². The molecule has 0 saturated carbocycles. The SMILES string of the molecule is CC(=O)CC(=O)OCl.Cc1cncc(C(N)=O)c1. The first-order valence-electron chi connectivity index (χ1n) is 4.89. The van der Waals surface area contributed by atoms with Gasteiger partial charge in [-0.25, -0.2) is 0 Å². The lowest BCUT2D eigenvalue weighted by molar-refractivity contribution is -0.137. The number of Topliss-reactive ketones (excluding diaryl/α,β-unsaturated/α-hetero) is 1. The number of rotatable bonds is 3. The monoisotopic (exact) mass is 272 g/mol. The second kappa shape index (κ2) is 8.19. The van der Waals surface area contributed by atoms with Crippen LogP contribution >= 0.6 is 11.9 Å². The van der Waals surface area contributed by atoms with Gasteiger partial charge in [-0.2, -0.15) is 0 Å². The predicted molar refractivity (Wildman–Crippen MR) is 64.7 cm³/mol. The molecule has 2 N–H and O–H groups in total. The first-order chi connectivity index (χ1) is 8.36. The maximum Gasteiger partial charge on any atom is 0.332 e. The molecule has 0 unspecified atom stereocenters. The number of aromatic nitrogens is 1. The molecule has 0 saturated heterocycles. The van der Waals surface area contributed by atoms with Gasteiger partial charge in [0.15, 0.2) is 0 Å². The fourth-order valence-corrected chi connectivity index (χ4v) is 0.975. The molecule has 1 aromatic rings. The van der Waals surface area contributed by atoms with Crippen LogP contribution in [0.1, 0.15) is 29.3 Å². The zero-order valence-corrected chi connectivity index (χ0v) is 10.7. The Morgan fingerprint density at radius 3 is 2.28 bits per heavy atom. The summed E-state index contributed by atoms with van der Waals surface area (Å²) in [6.07, 6.45) is 2.88. The van der Waals surface area contributed by atoms with Gasteiger partial charge >= 0.3 is 5.97 Å². The van der Waals surface area contributed by atoms with Crippen molar-refractivity contribution < 1.29 is 18.7 Å². The van der Waals surface area contributed by atoms with Gasteiger partial charge < -0.3 is 10.0 Å². The summed E-state index contributed by atoms with van der Waals surface area (Å²) in [5.74, 6) is -1.40. The quantitative estimate of drug-likeness (QED) is 0.832. The van der Waals surface area contributed by atoms with Crippen LogP contribution in [0, 0.1) is 6.92 Å². The van der Waals surface area contributed by atoms with E-state index in [2.05, 4.69) is 21.1 Å². The summed E-state index contributed by atoms with van der Waals surface area (Å²) in [7, 11) is 0. The lowest BCUT2D eigenvalue weighted by Gasteiger charge is -1.93. The number of ketones is 1. The van der Waals surface area contributed by atoms with E-state index in [9.17, 15) is 14.4 Å². The van der Waals surface area contributed by atoms with Crippen LogP contribution < -0.4 is 5.73 Å². The number of aryl methyl sites for hydroxylation is 1. The minimum Gasteiger partial charge on any atom is -0.366 e. The third-order valence-electron chi connectivity index (χ3n) is 1.64. The van der Waals surface area contributed by atoms with Gasteiger partial charge in [0.2, 0.25) is 5.91 Å². The number of hydrogen-bond donors (Lipinski definition) is 1. The molecule has 1 amide bonds. The average molecular weight is 273 g/mol. The summed E-state index contributed by atoms with van der Waals surface area (Å²) in [5.41, 5.74) is 6.40. The Kier molecular flexibility index (Phi) is 7.30. The van der Waals surface area contributed by atoms with Gasteiger partial charge in [0.25, 0.3) is 0 Å². The molecule has 1 aromatic heterocycles. The van der Waals surface area contributed by atoms with Gasteiger partial charge in [0.1, 0.15) is 24.1 Å². The normalized spacial score (nSPS) is 8.83. The number of carbonyl (C=O) groups excluding carboxylic acids is 3. The Balaban J connectivity index is 0.000000331. The van der Waals surface area contributed by atoms with Crippen molar-refractivity contribution in [2.45, 2.75) is 20.3 Å². The minimum atomic E-state index is -0.709. The van der Waals surface area contributed by atoms with Crippen LogP contribution in [-0.4, -0.2) is 22.6 Å². The van der Waals surface area contributed by atoms with Crippen molar-refractivity contribution >= 4 is 29.5 Å². The summed E-state index contributed by atoms with van der Waals surface area (Å²) in [5, 5.41) is 0. The Hall–Kier alpha value is -1.95. The number of carbonyl (C=O) groups is 3. The van der Waals surface area contributed by atoms with E-state index in [0.717, 1.165) is 5.56 Å². The third-order valence-corrected chi connectivity index (χ3v) is 1.81. The number of amides is 1. The molecular formula is C11H13ClN2O4. The van der Waals surface area contributed by atoms with Crippen molar-refractivity contribution in [2.75, 3.05) is 0 Å². The predicted octanol–water partition coefficient (Wildman–Crippen LogP) is 1.15. The van der Waals surface area contributed by atoms with E-state index < -0.39 is 11.9 Å². The lowest BCUT2D eigenvalue weighted by atomic mass is 10.2. The molecule has 0 fully saturated rings. The molecule has 0 spiro atoms. The third kappa shape index (κ3) is 7.34. The van der Waals surface area contributed by atoms with Crippen molar-refractivity contribution in [3.05, 3.63) is 29.6 Å². The number of hydrogen-bond acceptors (Lipinski definition) is 5. The Bertz CT molecular complexity index is 448. The van der Waals surface area contributed by atoms with Gasteiger partial charge in [-0.3, -0.25) is 19.4 Å². The van der Waals surface area contributed by atoms with E-state index in [-0.39, 0.29) is 12.2 Å². The highest BCUT2D eigenvalue weighted by molar-refractivity contribution is 6.14. The number of halogens is 1. The number of nitrogens with zero attached hydrogens (tertiary/aromatic N) is 1. The highest BCUT2D eigenvalue weighted by atomic mass is 35.5. The van der Waals surface area contributed by atoms with Gasteiger partial charge in [-0.1, -0.05) is 0 Å². The van der Waals surface area contributed by atoms with E-state index in [1.54, 1.807) is 12.3 Å². The molecule has 7 heteroatoms. The zero-order valence-electron chi connectivity index (χ0n) is 9.97. The average Bonchev–Trinajstić information content (AvgIpc) is 2.28. The smallest absolute Gasteiger partial charge is 0.332 e. The van der Waals surface area contributed by atoms with E-state index in [1.807, 2.05) is 6.92 Å². The molecule has 0 bridgehead atoms. The molecule has 1 heterocycles. The minimum absolute atomic E-state index is 0.247. The molecule has 0 aliphatic rings. The van der Waals surface area contributed by atoms with Crippen LogP contribution in [-0.2, 0) is 13.9 Å². The van der Waals surface area contributed by atoms with E-state index >= 15 is 0 Å². The van der Waals surface area contributed by atoms with Gasteiger partial charge in [0, 0.05) is 12.4 Å². The molecular weight excluding hydrogens is 260 g/mol. The lowest BCUT2D eigenvalue weighted by Crippen LogP contribution is -2.11. The van der Waals surface area contributed by atoms with Crippen molar-refractivity contribution in [2.24, 2.45) is 5.73 Å². The Morgan fingerprint density at radius 1 is 1.39 bits per heavy atom. The highest BCUT2D eigenvalue weighted by Gasteiger charge is 2.03. The van der Waals surface area contributed by atoms with Crippen molar-refractivity contribution in [1.82, 2.24) is 4.98 Å². The molecule has 0 aliphatic carbocycles. The molecule has 98 valence electrons. The first-order valence-corrected chi connectivity index (χ1v) is 5.20. The van der Waals surface area contributed by atoms with Crippen LogP contribution in [0.15, 0.2) is 18.5 Å². The summed E-state index contributed by atoms with van der Waals surface area (Å²) in [4.78, 5) is 34.4. The molecule has 0 aromatic carbocycles. The first kappa shape index (κ1) is 16.1. The summed E-state index contributed by atoms with van der Waals surface area (Å²) in [6.45, 7) is 3.15. The largest absolute Gasteiger partial charge is 0.366 e. The number of nitrogens with two attached hydrogens (primary N) is 1. The summed E-state index contributed by atoms with van der Waals surface area (Å²) < 4.78 is 3.67. The zero-order chi connectivity index (χ0) is 14.1. The molecule has 18 heavy (non-hydrogen) atoms. The maximum atomic E-state index is 10.5. The number of primary amides is 1. The molecule has 0 radical (unpaired) electrons. The van der Waals surface area contributed by atoms with E-state index in [4.69, 9.17) is 5.73 Å². The van der Waals surface area contributed by atoms with Crippen LogP contribution in [0.25, 0.3) is 0 Å². The highest BCUT2D eigenvalue weighted by Crippen LogP contribution is 1.98. The number of pyridine rings is 1. The van der Waals surface area contributed by atoms with Crippen molar-refractivity contribution in [3.8, 4) is 0 Å². The van der Waals surface area contributed by atoms with Crippen molar-refractivity contribution in [3.63, 3.8) is 0 Å². The molecule has 0 atom stereocenters. The van der Waals surface area contributed by atoms with Crippen LogP contribution in [0.5, 0.6) is 0 Å². The van der Waals surface area contributed by atoms with Crippen LogP contribution in [0.2, 0.25) is 0 Å². The molecule has 6 nitrogen and oxygen atoms in total. The maximum absolute atomic E-state index is 10.5. The standard InChI is InChI=1S/C7H8N2O.C4H5ClO3/c1-5-2-6(7(8)10)4-9-3-5;1-3(6)2-4(7)8-5/h2-4H,1H3,(H2,8,10);2H2,1H3. The fraction of sp³-hybridized carbons (Fsp3) is 0.273. The second-order valence-electron chi connectivity index (χ2n) is 3.44. The van der Waals surface area contributed by atoms with E-state index in [0.29, 0.717) is 5.56 Å². The molecule has 0 aliphatic heterocycles. The van der Waals surface area contributed by atoms with Gasteiger partial charge in [-0.05, 0) is 25.5 Å². The fourth-order valence-electron chi connectivity index (χ4n) is 0.920. The van der Waals surface area contributed by atoms with E-state index in [1.165, 1.54) is 13.1 Å². The topological polar surface area (TPSA) is 99.3 Å². The molecule has 1 rings (SSSR count). The Morgan fingerprint density at radius 2 is 2.00 bits per heavy atom. The summed E-state index contributed by atoms with van der Waals surface area (Å²) in [6, 6.07) is 1.70. The van der Waals surface area contributed by atoms with Gasteiger partial charge in [0.05, 0.1) is 5.56 Å². The second-order valence-corrected chi connectivity index (χ2v) is 3.60. The summed E-state index contributed by atoms with van der Waals surface area (Å²) >= 11 is 4.59. The Labute approximate surface area is 109 Å². The van der Waals surface area contributed by atoms with Crippen LogP contribution in [0.3, 0.4) is 0 Å². The van der Waals surface area contributed by atoms with Gasteiger partial charge in [-0.15, -0.1) is 0 Å². The van der Waals surface area contributed by atoms with Crippen molar-refractivity contribution in [1.29, 1.82) is 0 Å².